The molecule has 1 aromatic rings. The van der Waals surface area contributed by atoms with E-state index in [0.29, 0.717) is 6.04 Å². The van der Waals surface area contributed by atoms with Gasteiger partial charge in [0.05, 0.1) is 6.10 Å². The molecular formula is C19H30N2O. The highest BCUT2D eigenvalue weighted by Gasteiger charge is 2.23. The van der Waals surface area contributed by atoms with E-state index < -0.39 is 0 Å². The molecule has 0 aromatic heterocycles. The molecule has 2 unspecified atom stereocenters. The third-order valence-corrected chi connectivity index (χ3v) is 5.25. The number of aryl methyl sites for hydroxylation is 1. The summed E-state index contributed by atoms with van der Waals surface area (Å²) in [6.07, 6.45) is 6.14. The standard InChI is InChI=1S/C19H30N2O/c1-15(22)14-21-11-9-16(10-12-21)13-20-19-8-4-6-17-5-2-3-7-18(17)19/h2-3,5,7,15-16,19-20,22H,4,6,8-14H2,1H3. The molecule has 1 aliphatic heterocycles. The number of aliphatic hydroxyl groups excluding tert-OH is 1. The number of piperidine rings is 1. The summed E-state index contributed by atoms with van der Waals surface area (Å²) in [7, 11) is 0. The number of nitrogens with zero attached hydrogens (tertiary/aromatic N) is 1. The molecule has 122 valence electrons. The fourth-order valence-electron chi connectivity index (χ4n) is 4.02. The van der Waals surface area contributed by atoms with Gasteiger partial charge in [0.2, 0.25) is 0 Å². The first-order chi connectivity index (χ1) is 10.7. The summed E-state index contributed by atoms with van der Waals surface area (Å²) >= 11 is 0. The topological polar surface area (TPSA) is 35.5 Å². The Morgan fingerprint density at radius 3 is 2.77 bits per heavy atom. The quantitative estimate of drug-likeness (QED) is 0.878. The lowest BCUT2D eigenvalue weighted by Gasteiger charge is -2.34. The molecule has 0 bridgehead atoms. The second-order valence-electron chi connectivity index (χ2n) is 7.14. The summed E-state index contributed by atoms with van der Waals surface area (Å²) in [6, 6.07) is 9.49. The minimum Gasteiger partial charge on any atom is -0.392 e. The molecule has 2 N–H and O–H groups in total. The Morgan fingerprint density at radius 1 is 1.23 bits per heavy atom. The number of likely N-dealkylation sites (tertiary alicyclic amines) is 1. The van der Waals surface area contributed by atoms with E-state index in [-0.39, 0.29) is 6.10 Å². The average molecular weight is 302 g/mol. The van der Waals surface area contributed by atoms with Crippen LogP contribution in [0.3, 0.4) is 0 Å². The van der Waals surface area contributed by atoms with Gasteiger partial charge in [0, 0.05) is 12.6 Å². The van der Waals surface area contributed by atoms with Crippen LogP contribution in [0.5, 0.6) is 0 Å². The summed E-state index contributed by atoms with van der Waals surface area (Å²) < 4.78 is 0. The minimum absolute atomic E-state index is 0.201. The van der Waals surface area contributed by atoms with Gasteiger partial charge in [-0.05, 0) is 75.7 Å². The summed E-state index contributed by atoms with van der Waals surface area (Å²) in [5.74, 6) is 0.791. The SMILES string of the molecule is CC(O)CN1CCC(CNC2CCCc3ccccc32)CC1. The Morgan fingerprint density at radius 2 is 2.00 bits per heavy atom. The molecule has 1 aliphatic carbocycles. The summed E-state index contributed by atoms with van der Waals surface area (Å²) in [6.45, 7) is 6.13. The van der Waals surface area contributed by atoms with Crippen LogP contribution in [0.1, 0.15) is 49.8 Å². The van der Waals surface area contributed by atoms with Crippen LogP contribution in [0, 0.1) is 5.92 Å². The molecule has 1 saturated heterocycles. The number of hydrogen-bond donors (Lipinski definition) is 2. The normalized spacial score (nSPS) is 24.9. The molecule has 0 radical (unpaired) electrons. The van der Waals surface area contributed by atoms with E-state index in [1.807, 2.05) is 6.92 Å². The molecule has 0 spiro atoms. The van der Waals surface area contributed by atoms with Crippen LogP contribution in [0.25, 0.3) is 0 Å². The molecule has 3 nitrogen and oxygen atoms in total. The van der Waals surface area contributed by atoms with Crippen molar-refractivity contribution in [3.8, 4) is 0 Å². The molecule has 3 heteroatoms. The van der Waals surface area contributed by atoms with Gasteiger partial charge < -0.3 is 15.3 Å². The summed E-state index contributed by atoms with van der Waals surface area (Å²) in [5, 5.41) is 13.3. The largest absolute Gasteiger partial charge is 0.392 e. The third kappa shape index (κ3) is 4.09. The Bertz CT molecular complexity index is 466. The van der Waals surface area contributed by atoms with Crippen molar-refractivity contribution in [2.45, 2.75) is 51.2 Å². The highest BCUT2D eigenvalue weighted by molar-refractivity contribution is 5.32. The number of nitrogens with one attached hydrogen (secondary N) is 1. The third-order valence-electron chi connectivity index (χ3n) is 5.25. The minimum atomic E-state index is -0.201. The van der Waals surface area contributed by atoms with Crippen molar-refractivity contribution in [3.63, 3.8) is 0 Å². The van der Waals surface area contributed by atoms with Crippen molar-refractivity contribution >= 4 is 0 Å². The Hall–Kier alpha value is -0.900. The molecule has 2 aliphatic rings. The zero-order valence-electron chi connectivity index (χ0n) is 13.8. The van der Waals surface area contributed by atoms with Crippen LogP contribution in [-0.4, -0.2) is 42.3 Å². The van der Waals surface area contributed by atoms with Gasteiger partial charge >= 0.3 is 0 Å². The smallest absolute Gasteiger partial charge is 0.0639 e. The van der Waals surface area contributed by atoms with Crippen LogP contribution < -0.4 is 5.32 Å². The van der Waals surface area contributed by atoms with Crippen molar-refractivity contribution in [3.05, 3.63) is 35.4 Å². The predicted molar refractivity (Wildman–Crippen MR) is 91.0 cm³/mol. The number of hydrogen-bond acceptors (Lipinski definition) is 3. The molecule has 1 fully saturated rings. The molecule has 1 aromatic carbocycles. The molecule has 22 heavy (non-hydrogen) atoms. The highest BCUT2D eigenvalue weighted by Crippen LogP contribution is 2.30. The van der Waals surface area contributed by atoms with Crippen LogP contribution in [-0.2, 0) is 6.42 Å². The Balaban J connectivity index is 1.46. The fourth-order valence-corrected chi connectivity index (χ4v) is 4.02. The lowest BCUT2D eigenvalue weighted by atomic mass is 9.87. The number of fused-ring (bicyclic) bond motifs is 1. The predicted octanol–water partition coefficient (Wildman–Crippen LogP) is 2.75. The highest BCUT2D eigenvalue weighted by atomic mass is 16.3. The maximum Gasteiger partial charge on any atom is 0.0639 e. The van der Waals surface area contributed by atoms with E-state index in [2.05, 4.69) is 34.5 Å². The Labute approximate surface area is 134 Å². The van der Waals surface area contributed by atoms with Gasteiger partial charge in [-0.3, -0.25) is 0 Å². The van der Waals surface area contributed by atoms with Crippen molar-refractivity contribution < 1.29 is 5.11 Å². The van der Waals surface area contributed by atoms with Gasteiger partial charge in [0.15, 0.2) is 0 Å². The van der Waals surface area contributed by atoms with Gasteiger partial charge in [-0.25, -0.2) is 0 Å². The first-order valence-electron chi connectivity index (χ1n) is 8.94. The van der Waals surface area contributed by atoms with E-state index in [4.69, 9.17) is 0 Å². The maximum absolute atomic E-state index is 9.48. The van der Waals surface area contributed by atoms with Crippen molar-refractivity contribution in [2.75, 3.05) is 26.2 Å². The van der Waals surface area contributed by atoms with Gasteiger partial charge in [0.1, 0.15) is 0 Å². The molecule has 0 amide bonds. The number of rotatable bonds is 5. The van der Waals surface area contributed by atoms with Crippen molar-refractivity contribution in [1.82, 2.24) is 10.2 Å². The van der Waals surface area contributed by atoms with Crippen molar-refractivity contribution in [1.29, 1.82) is 0 Å². The van der Waals surface area contributed by atoms with E-state index in [0.717, 1.165) is 32.1 Å². The lowest BCUT2D eigenvalue weighted by Crippen LogP contribution is -2.41. The van der Waals surface area contributed by atoms with E-state index in [1.54, 1.807) is 0 Å². The van der Waals surface area contributed by atoms with Crippen LogP contribution in [0.2, 0.25) is 0 Å². The molecular weight excluding hydrogens is 272 g/mol. The second-order valence-corrected chi connectivity index (χ2v) is 7.14. The average Bonchev–Trinajstić information content (AvgIpc) is 2.54. The Kier molecular flexibility index (Phi) is 5.51. The lowest BCUT2D eigenvalue weighted by molar-refractivity contribution is 0.0991. The number of β-amino-alcohol motifs (C(OH)–C–C–N with tert-alkyl or cyclic N) is 1. The van der Waals surface area contributed by atoms with E-state index >= 15 is 0 Å². The van der Waals surface area contributed by atoms with Gasteiger partial charge in [-0.15, -0.1) is 0 Å². The first kappa shape index (κ1) is 16.0. The van der Waals surface area contributed by atoms with Crippen LogP contribution in [0.15, 0.2) is 24.3 Å². The van der Waals surface area contributed by atoms with Crippen LogP contribution >= 0.6 is 0 Å². The zero-order chi connectivity index (χ0) is 15.4. The maximum atomic E-state index is 9.48. The molecule has 3 rings (SSSR count). The molecule has 0 saturated carbocycles. The van der Waals surface area contributed by atoms with Gasteiger partial charge in [0.25, 0.3) is 0 Å². The first-order valence-corrected chi connectivity index (χ1v) is 8.94. The van der Waals surface area contributed by atoms with E-state index in [1.165, 1.54) is 43.2 Å². The summed E-state index contributed by atoms with van der Waals surface area (Å²) in [4.78, 5) is 2.40. The monoisotopic (exact) mass is 302 g/mol. The van der Waals surface area contributed by atoms with Gasteiger partial charge in [-0.1, -0.05) is 24.3 Å². The van der Waals surface area contributed by atoms with Crippen molar-refractivity contribution in [2.24, 2.45) is 5.92 Å². The van der Waals surface area contributed by atoms with E-state index in [9.17, 15) is 5.11 Å². The van der Waals surface area contributed by atoms with Crippen LogP contribution in [0.4, 0.5) is 0 Å². The number of benzene rings is 1. The summed E-state index contributed by atoms with van der Waals surface area (Å²) in [5.41, 5.74) is 3.07. The molecule has 2 atom stereocenters. The molecule has 1 heterocycles. The zero-order valence-corrected chi connectivity index (χ0v) is 13.8. The fraction of sp³-hybridized carbons (Fsp3) is 0.684. The second kappa shape index (κ2) is 7.58. The number of aliphatic hydroxyl groups is 1. The van der Waals surface area contributed by atoms with Gasteiger partial charge in [-0.2, -0.15) is 0 Å².